The molecule has 1 aliphatic heterocycles. The Morgan fingerprint density at radius 2 is 2.14 bits per heavy atom. The van der Waals surface area contributed by atoms with Gasteiger partial charge in [-0.05, 0) is 42.8 Å². The van der Waals surface area contributed by atoms with Crippen LogP contribution in [-0.4, -0.2) is 34.9 Å². The fourth-order valence-electron chi connectivity index (χ4n) is 2.62. The van der Waals surface area contributed by atoms with Crippen LogP contribution in [0.3, 0.4) is 0 Å². The van der Waals surface area contributed by atoms with Gasteiger partial charge < -0.3 is 10.2 Å². The molecule has 1 unspecified atom stereocenters. The number of nitriles is 1. The van der Waals surface area contributed by atoms with Crippen molar-refractivity contribution in [3.8, 4) is 6.07 Å². The largest absolute Gasteiger partial charge is 0.379 e. The summed E-state index contributed by atoms with van der Waals surface area (Å²) in [5.74, 6) is 0.0139. The van der Waals surface area contributed by atoms with Crippen molar-refractivity contribution in [2.45, 2.75) is 12.5 Å². The molecule has 3 rings (SSSR count). The molecule has 0 saturated carbocycles. The molecule has 22 heavy (non-hydrogen) atoms. The second-order valence-electron chi connectivity index (χ2n) is 5.31. The van der Waals surface area contributed by atoms with Crippen LogP contribution in [0.15, 0.2) is 48.8 Å². The maximum atomic E-state index is 12.4. The third-order valence-electron chi connectivity index (χ3n) is 3.77. The van der Waals surface area contributed by atoms with Crippen molar-refractivity contribution in [3.05, 3.63) is 59.9 Å². The number of amides is 1. The van der Waals surface area contributed by atoms with E-state index in [1.54, 1.807) is 36.7 Å². The van der Waals surface area contributed by atoms with Gasteiger partial charge in [-0.3, -0.25) is 9.78 Å². The predicted octanol–water partition coefficient (Wildman–Crippen LogP) is 2.28. The van der Waals surface area contributed by atoms with Crippen molar-refractivity contribution >= 4 is 11.6 Å². The number of pyridine rings is 1. The summed E-state index contributed by atoms with van der Waals surface area (Å²) < 4.78 is 0. The highest BCUT2D eigenvalue weighted by Crippen LogP contribution is 2.17. The second kappa shape index (κ2) is 6.27. The Morgan fingerprint density at radius 3 is 2.82 bits per heavy atom. The zero-order valence-electron chi connectivity index (χ0n) is 12.1. The summed E-state index contributed by atoms with van der Waals surface area (Å²) in [4.78, 5) is 18.4. The van der Waals surface area contributed by atoms with E-state index in [9.17, 15) is 4.79 Å². The molecule has 5 nitrogen and oxygen atoms in total. The lowest BCUT2D eigenvalue weighted by molar-refractivity contribution is 0.0791. The first kappa shape index (κ1) is 14.1. The predicted molar refractivity (Wildman–Crippen MR) is 83.3 cm³/mol. The number of hydrogen-bond donors (Lipinski definition) is 1. The van der Waals surface area contributed by atoms with Crippen LogP contribution in [0.25, 0.3) is 0 Å². The van der Waals surface area contributed by atoms with Crippen molar-refractivity contribution in [2.75, 3.05) is 18.4 Å². The molecule has 1 aromatic heterocycles. The highest BCUT2D eigenvalue weighted by molar-refractivity contribution is 5.94. The fourth-order valence-corrected chi connectivity index (χ4v) is 2.62. The lowest BCUT2D eigenvalue weighted by Crippen LogP contribution is -2.31. The van der Waals surface area contributed by atoms with Gasteiger partial charge in [0.1, 0.15) is 0 Å². The Hall–Kier alpha value is -2.87. The summed E-state index contributed by atoms with van der Waals surface area (Å²) in [6, 6.07) is 12.9. The fraction of sp³-hybridized carbons (Fsp3) is 0.235. The normalized spacial score (nSPS) is 17.0. The minimum atomic E-state index is 0.0139. The molecule has 0 bridgehead atoms. The standard InChI is InChI=1S/C17H16N4O/c18-10-13-3-5-14(6-4-13)17(22)21-9-7-16(12-21)20-15-2-1-8-19-11-15/h1-6,8,11,16,20H,7,9,12H2. The number of anilines is 1. The van der Waals surface area contributed by atoms with Gasteiger partial charge in [0.15, 0.2) is 0 Å². The monoisotopic (exact) mass is 292 g/mol. The minimum absolute atomic E-state index is 0.0139. The van der Waals surface area contributed by atoms with Crippen molar-refractivity contribution in [1.82, 2.24) is 9.88 Å². The number of aromatic nitrogens is 1. The van der Waals surface area contributed by atoms with E-state index in [1.807, 2.05) is 17.0 Å². The highest BCUT2D eigenvalue weighted by atomic mass is 16.2. The van der Waals surface area contributed by atoms with E-state index in [0.717, 1.165) is 18.7 Å². The van der Waals surface area contributed by atoms with E-state index < -0.39 is 0 Å². The van der Waals surface area contributed by atoms with Gasteiger partial charge in [0.05, 0.1) is 17.3 Å². The number of rotatable bonds is 3. The van der Waals surface area contributed by atoms with Gasteiger partial charge in [0, 0.05) is 37.1 Å². The van der Waals surface area contributed by atoms with Crippen LogP contribution in [0.1, 0.15) is 22.3 Å². The van der Waals surface area contributed by atoms with E-state index in [2.05, 4.69) is 16.4 Å². The molecule has 2 heterocycles. The SMILES string of the molecule is N#Cc1ccc(C(=O)N2CCC(Nc3cccnc3)C2)cc1. The van der Waals surface area contributed by atoms with Gasteiger partial charge in [-0.15, -0.1) is 0 Å². The summed E-state index contributed by atoms with van der Waals surface area (Å²) in [7, 11) is 0. The smallest absolute Gasteiger partial charge is 0.253 e. The highest BCUT2D eigenvalue weighted by Gasteiger charge is 2.26. The summed E-state index contributed by atoms with van der Waals surface area (Å²) in [5.41, 5.74) is 2.16. The minimum Gasteiger partial charge on any atom is -0.379 e. The zero-order valence-corrected chi connectivity index (χ0v) is 12.1. The van der Waals surface area contributed by atoms with E-state index in [0.29, 0.717) is 17.7 Å². The number of likely N-dealkylation sites (tertiary alicyclic amines) is 1. The Kier molecular flexibility index (Phi) is 4.01. The second-order valence-corrected chi connectivity index (χ2v) is 5.31. The number of hydrogen-bond acceptors (Lipinski definition) is 4. The van der Waals surface area contributed by atoms with Gasteiger partial charge in [0.2, 0.25) is 0 Å². The molecule has 1 aliphatic rings. The Balaban J connectivity index is 1.62. The molecule has 1 amide bonds. The summed E-state index contributed by atoms with van der Waals surface area (Å²) in [6.07, 6.45) is 4.43. The van der Waals surface area contributed by atoms with Crippen LogP contribution in [0, 0.1) is 11.3 Å². The molecule has 1 aromatic carbocycles. The summed E-state index contributed by atoms with van der Waals surface area (Å²) in [5, 5.41) is 12.2. The first-order valence-corrected chi connectivity index (χ1v) is 7.22. The lowest BCUT2D eigenvalue weighted by Gasteiger charge is -2.17. The Bertz CT molecular complexity index is 691. The molecule has 110 valence electrons. The third kappa shape index (κ3) is 3.07. The van der Waals surface area contributed by atoms with E-state index in [1.165, 1.54) is 0 Å². The molecule has 1 N–H and O–H groups in total. The van der Waals surface area contributed by atoms with Crippen LogP contribution >= 0.6 is 0 Å². The molecule has 2 aromatic rings. The topological polar surface area (TPSA) is 69.0 Å². The average molecular weight is 292 g/mol. The quantitative estimate of drug-likeness (QED) is 0.942. The number of nitrogens with one attached hydrogen (secondary N) is 1. The molecule has 5 heteroatoms. The maximum absolute atomic E-state index is 12.4. The van der Waals surface area contributed by atoms with Crippen LogP contribution < -0.4 is 5.32 Å². The maximum Gasteiger partial charge on any atom is 0.253 e. The number of carbonyl (C=O) groups excluding carboxylic acids is 1. The van der Waals surface area contributed by atoms with Crippen LogP contribution in [0.5, 0.6) is 0 Å². The molecule has 0 aliphatic carbocycles. The van der Waals surface area contributed by atoms with E-state index in [-0.39, 0.29) is 11.9 Å². The van der Waals surface area contributed by atoms with Crippen LogP contribution in [0.4, 0.5) is 5.69 Å². The lowest BCUT2D eigenvalue weighted by atomic mass is 10.1. The molecule has 1 fully saturated rings. The Labute approximate surface area is 129 Å². The summed E-state index contributed by atoms with van der Waals surface area (Å²) >= 11 is 0. The van der Waals surface area contributed by atoms with Crippen LogP contribution in [-0.2, 0) is 0 Å². The zero-order chi connectivity index (χ0) is 15.4. The molecule has 0 radical (unpaired) electrons. The van der Waals surface area contributed by atoms with Crippen molar-refractivity contribution in [3.63, 3.8) is 0 Å². The molecule has 1 atom stereocenters. The molecule has 0 spiro atoms. The number of benzene rings is 1. The van der Waals surface area contributed by atoms with Gasteiger partial charge in [-0.1, -0.05) is 0 Å². The van der Waals surface area contributed by atoms with E-state index in [4.69, 9.17) is 5.26 Å². The van der Waals surface area contributed by atoms with E-state index >= 15 is 0 Å². The van der Waals surface area contributed by atoms with Crippen LogP contribution in [0.2, 0.25) is 0 Å². The Morgan fingerprint density at radius 1 is 1.32 bits per heavy atom. The van der Waals surface area contributed by atoms with Gasteiger partial charge in [0.25, 0.3) is 5.91 Å². The number of nitrogens with zero attached hydrogens (tertiary/aromatic N) is 3. The first-order valence-electron chi connectivity index (χ1n) is 7.22. The van der Waals surface area contributed by atoms with Gasteiger partial charge in [-0.25, -0.2) is 0 Å². The number of carbonyl (C=O) groups is 1. The summed E-state index contributed by atoms with van der Waals surface area (Å²) in [6.45, 7) is 1.41. The molecular weight excluding hydrogens is 276 g/mol. The van der Waals surface area contributed by atoms with Gasteiger partial charge in [-0.2, -0.15) is 5.26 Å². The van der Waals surface area contributed by atoms with Crippen molar-refractivity contribution in [2.24, 2.45) is 0 Å². The van der Waals surface area contributed by atoms with Crippen molar-refractivity contribution in [1.29, 1.82) is 5.26 Å². The first-order chi connectivity index (χ1) is 10.8. The van der Waals surface area contributed by atoms with Crippen molar-refractivity contribution < 1.29 is 4.79 Å². The third-order valence-corrected chi connectivity index (χ3v) is 3.77. The average Bonchev–Trinajstić information content (AvgIpc) is 3.04. The molecule has 1 saturated heterocycles. The molecular formula is C17H16N4O. The van der Waals surface area contributed by atoms with Gasteiger partial charge >= 0.3 is 0 Å².